The van der Waals surface area contributed by atoms with Gasteiger partial charge in [0.2, 0.25) is 0 Å². The van der Waals surface area contributed by atoms with Crippen LogP contribution in [-0.2, 0) is 26.9 Å². The van der Waals surface area contributed by atoms with Crippen molar-refractivity contribution < 1.29 is 22.8 Å². The lowest BCUT2D eigenvalue weighted by molar-refractivity contribution is 0.275. The maximum Gasteiger partial charge on any atom is 0.491 e. The standard InChI is InChI=1S/C15H14BClO5S/c1-21-12-4-5-15(14(17)7-12)23(19,20)9-10-2-3-11-8-22-16(18)13(11)6-10/h2-7,18H,8-9H2,1H3. The third-order valence-corrected chi connectivity index (χ3v) is 5.87. The van der Waals surface area contributed by atoms with Crippen LogP contribution >= 0.6 is 11.6 Å². The number of ether oxygens (including phenoxy) is 1. The first kappa shape index (κ1) is 16.3. The molecule has 0 aliphatic carbocycles. The summed E-state index contributed by atoms with van der Waals surface area (Å²) in [5, 5.41) is 9.84. The van der Waals surface area contributed by atoms with Gasteiger partial charge in [0.05, 0.1) is 29.4 Å². The number of sulfone groups is 1. The van der Waals surface area contributed by atoms with Gasteiger partial charge in [-0.05, 0) is 28.7 Å². The van der Waals surface area contributed by atoms with Crippen molar-refractivity contribution in [1.82, 2.24) is 0 Å². The summed E-state index contributed by atoms with van der Waals surface area (Å²) in [5.74, 6) is 0.283. The fourth-order valence-electron chi connectivity index (χ4n) is 2.51. The van der Waals surface area contributed by atoms with Crippen molar-refractivity contribution in [3.05, 3.63) is 52.5 Å². The molecule has 1 heterocycles. The molecule has 1 aliphatic heterocycles. The Morgan fingerprint density at radius 3 is 2.78 bits per heavy atom. The molecule has 0 radical (unpaired) electrons. The fourth-order valence-corrected chi connectivity index (χ4v) is 4.44. The van der Waals surface area contributed by atoms with Crippen LogP contribution in [0.4, 0.5) is 0 Å². The monoisotopic (exact) mass is 352 g/mol. The van der Waals surface area contributed by atoms with E-state index in [-0.39, 0.29) is 15.7 Å². The largest absolute Gasteiger partial charge is 0.497 e. The van der Waals surface area contributed by atoms with Gasteiger partial charge >= 0.3 is 7.12 Å². The molecule has 0 unspecified atom stereocenters. The molecule has 0 amide bonds. The second-order valence-electron chi connectivity index (χ2n) is 5.25. The maximum absolute atomic E-state index is 12.6. The van der Waals surface area contributed by atoms with Crippen LogP contribution in [0, 0.1) is 0 Å². The van der Waals surface area contributed by atoms with E-state index in [9.17, 15) is 13.4 Å². The molecule has 0 saturated heterocycles. The van der Waals surface area contributed by atoms with Gasteiger partial charge in [0.25, 0.3) is 0 Å². The molecule has 23 heavy (non-hydrogen) atoms. The first-order chi connectivity index (χ1) is 10.9. The molecule has 0 fully saturated rings. The van der Waals surface area contributed by atoms with E-state index in [4.69, 9.17) is 21.0 Å². The summed E-state index contributed by atoms with van der Waals surface area (Å²) >= 11 is 6.06. The van der Waals surface area contributed by atoms with Gasteiger partial charge in [0, 0.05) is 6.07 Å². The molecule has 0 atom stereocenters. The molecule has 0 spiro atoms. The molecule has 2 aromatic carbocycles. The Hall–Kier alpha value is -1.54. The average Bonchev–Trinajstić information content (AvgIpc) is 2.87. The molecule has 8 heteroatoms. The summed E-state index contributed by atoms with van der Waals surface area (Å²) < 4.78 is 35.3. The lowest BCUT2D eigenvalue weighted by Crippen LogP contribution is -2.28. The van der Waals surface area contributed by atoms with E-state index in [1.54, 1.807) is 24.3 Å². The normalized spacial score (nSPS) is 14.0. The second kappa shape index (κ2) is 6.16. The van der Waals surface area contributed by atoms with Crippen molar-refractivity contribution in [3.8, 4) is 5.75 Å². The van der Waals surface area contributed by atoms with Crippen LogP contribution < -0.4 is 10.2 Å². The van der Waals surface area contributed by atoms with Crippen LogP contribution in [0.15, 0.2) is 41.3 Å². The zero-order valence-electron chi connectivity index (χ0n) is 12.3. The summed E-state index contributed by atoms with van der Waals surface area (Å²) in [6.45, 7) is 0.327. The van der Waals surface area contributed by atoms with Crippen molar-refractivity contribution in [2.45, 2.75) is 17.3 Å². The van der Waals surface area contributed by atoms with E-state index in [0.717, 1.165) is 5.56 Å². The molecule has 0 aromatic heterocycles. The van der Waals surface area contributed by atoms with Crippen LogP contribution in [0.3, 0.4) is 0 Å². The molecule has 1 N–H and O–H groups in total. The maximum atomic E-state index is 12.6. The van der Waals surface area contributed by atoms with Gasteiger partial charge in [-0.25, -0.2) is 8.42 Å². The third-order valence-electron chi connectivity index (χ3n) is 3.70. The Morgan fingerprint density at radius 2 is 2.09 bits per heavy atom. The van der Waals surface area contributed by atoms with Gasteiger partial charge < -0.3 is 14.4 Å². The molecular weight excluding hydrogens is 338 g/mol. The minimum Gasteiger partial charge on any atom is -0.497 e. The van der Waals surface area contributed by atoms with Crippen LogP contribution in [-0.4, -0.2) is 27.7 Å². The van der Waals surface area contributed by atoms with E-state index in [1.165, 1.54) is 19.2 Å². The molecule has 3 rings (SSSR count). The lowest BCUT2D eigenvalue weighted by atomic mass is 9.79. The highest BCUT2D eigenvalue weighted by Crippen LogP contribution is 2.28. The van der Waals surface area contributed by atoms with Gasteiger partial charge in [0.15, 0.2) is 9.84 Å². The quantitative estimate of drug-likeness (QED) is 0.845. The van der Waals surface area contributed by atoms with Gasteiger partial charge in [-0.15, -0.1) is 0 Å². The minimum absolute atomic E-state index is 0.0530. The Bertz CT molecular complexity index is 853. The predicted molar refractivity (Wildman–Crippen MR) is 87.7 cm³/mol. The summed E-state index contributed by atoms with van der Waals surface area (Å²) in [6, 6.07) is 9.60. The van der Waals surface area contributed by atoms with Gasteiger partial charge in [-0.1, -0.05) is 29.8 Å². The summed E-state index contributed by atoms with van der Waals surface area (Å²) in [6.07, 6.45) is 0. The summed E-state index contributed by atoms with van der Waals surface area (Å²) in [4.78, 5) is 0.0530. The van der Waals surface area contributed by atoms with E-state index in [2.05, 4.69) is 0 Å². The Balaban J connectivity index is 1.91. The molecule has 2 aromatic rings. The van der Waals surface area contributed by atoms with Crippen molar-refractivity contribution in [1.29, 1.82) is 0 Å². The van der Waals surface area contributed by atoms with E-state index in [1.807, 2.05) is 0 Å². The third kappa shape index (κ3) is 3.23. The number of fused-ring (bicyclic) bond motifs is 1. The average molecular weight is 353 g/mol. The summed E-state index contributed by atoms with van der Waals surface area (Å²) in [5.41, 5.74) is 2.04. The van der Waals surface area contributed by atoms with Gasteiger partial charge in [-0.3, -0.25) is 0 Å². The zero-order valence-corrected chi connectivity index (χ0v) is 13.9. The molecule has 5 nitrogen and oxygen atoms in total. The number of rotatable bonds is 4. The Labute approximate surface area is 139 Å². The first-order valence-electron chi connectivity index (χ1n) is 6.88. The highest BCUT2D eigenvalue weighted by atomic mass is 35.5. The van der Waals surface area contributed by atoms with E-state index < -0.39 is 17.0 Å². The highest BCUT2D eigenvalue weighted by molar-refractivity contribution is 7.90. The van der Waals surface area contributed by atoms with Gasteiger partial charge in [0.1, 0.15) is 5.75 Å². The van der Waals surface area contributed by atoms with E-state index in [0.29, 0.717) is 23.4 Å². The Kier molecular flexibility index (Phi) is 4.38. The van der Waals surface area contributed by atoms with Crippen molar-refractivity contribution >= 4 is 34.0 Å². The second-order valence-corrected chi connectivity index (χ2v) is 7.62. The van der Waals surface area contributed by atoms with E-state index >= 15 is 0 Å². The zero-order chi connectivity index (χ0) is 16.6. The molecule has 120 valence electrons. The summed E-state index contributed by atoms with van der Waals surface area (Å²) in [7, 11) is -3.13. The Morgan fingerprint density at radius 1 is 1.30 bits per heavy atom. The van der Waals surface area contributed by atoms with Crippen molar-refractivity contribution in [2.24, 2.45) is 0 Å². The highest BCUT2D eigenvalue weighted by Gasteiger charge is 2.28. The number of methoxy groups -OCH3 is 1. The van der Waals surface area contributed by atoms with Crippen molar-refractivity contribution in [2.75, 3.05) is 7.11 Å². The van der Waals surface area contributed by atoms with Gasteiger partial charge in [-0.2, -0.15) is 0 Å². The number of hydrogen-bond acceptors (Lipinski definition) is 5. The number of benzene rings is 2. The van der Waals surface area contributed by atoms with Crippen LogP contribution in [0.1, 0.15) is 11.1 Å². The number of halogens is 1. The molecular formula is C15H14BClO5S. The lowest BCUT2D eigenvalue weighted by Gasteiger charge is -2.09. The smallest absolute Gasteiger partial charge is 0.491 e. The molecule has 1 aliphatic rings. The van der Waals surface area contributed by atoms with Crippen LogP contribution in [0.5, 0.6) is 5.75 Å². The SMILES string of the molecule is COc1ccc(S(=O)(=O)Cc2ccc3c(c2)B(O)OC3)c(Cl)c1. The first-order valence-corrected chi connectivity index (χ1v) is 8.91. The molecule has 0 bridgehead atoms. The van der Waals surface area contributed by atoms with Crippen molar-refractivity contribution in [3.63, 3.8) is 0 Å². The molecule has 0 saturated carbocycles. The van der Waals surface area contributed by atoms with Crippen LogP contribution in [0.25, 0.3) is 0 Å². The number of hydrogen-bond donors (Lipinski definition) is 1. The topological polar surface area (TPSA) is 72.8 Å². The van der Waals surface area contributed by atoms with Crippen LogP contribution in [0.2, 0.25) is 5.02 Å². The fraction of sp³-hybridized carbons (Fsp3) is 0.200. The predicted octanol–water partition coefficient (Wildman–Crippen LogP) is 1.54. The minimum atomic E-state index is -3.61.